The molecule has 0 aromatic heterocycles. The molecule has 2 aliphatic carbocycles. The standard InChI is InChI=1S/C12H17NO3.C10H15NO.C9H18.C8H16.C7H9NO/c1-12(2,3)16-11(15)13-8-9-4-6-10(14)7-5-9;1-3-12-10-6-4-9(5-7-10)8-11-2;1-8(2)9-6-4-3-5-7-9;1-7(2)8-5-3-4-6-8;8-5-6-1-3-7(9)4-2-6/h4-7,14H,8H2,1-3H3,(H,13,15);4-7,11H,3,8H2,1-2H3;8-9H,3-7H2,1-2H3;7-8H,3-6H2,1-2H3;1-4,9H,5,8H2/p+1. The molecular weight excluding hydrogens is 675 g/mol. The monoisotopic (exact) mass is 751 g/mol. The molecule has 0 saturated heterocycles. The lowest BCUT2D eigenvalue weighted by Gasteiger charge is -2.24. The van der Waals surface area contributed by atoms with Gasteiger partial charge in [-0.3, -0.25) is 0 Å². The van der Waals surface area contributed by atoms with Crippen LogP contribution in [0.25, 0.3) is 0 Å². The minimum atomic E-state index is -0.487. The van der Waals surface area contributed by atoms with Gasteiger partial charge in [0.1, 0.15) is 29.4 Å². The minimum Gasteiger partial charge on any atom is -0.508 e. The SMILES string of the molecule is CC(C)(C)OC(=O)NCc1ccc(O)cc1.CC(C)C1CCCC1.CC(C)C1CCCCC1.CCOc1ccc(C[NH2+]C)cc1.NCc1ccc(O)cc1. The summed E-state index contributed by atoms with van der Waals surface area (Å²) >= 11 is 0. The molecule has 3 aromatic carbocycles. The number of nitrogens with one attached hydrogen (secondary N) is 1. The third kappa shape index (κ3) is 23.8. The highest BCUT2D eigenvalue weighted by molar-refractivity contribution is 5.67. The second-order valence-electron chi connectivity index (χ2n) is 16.0. The highest BCUT2D eigenvalue weighted by Crippen LogP contribution is 2.30. The Bertz CT molecular complexity index is 1320. The number of phenolic OH excluding ortho intramolecular Hbond substituents is 2. The molecule has 3 aromatic rings. The molecule has 7 N–H and O–H groups in total. The van der Waals surface area contributed by atoms with Gasteiger partial charge in [-0.2, -0.15) is 0 Å². The van der Waals surface area contributed by atoms with E-state index in [1.165, 1.54) is 63.4 Å². The van der Waals surface area contributed by atoms with Crippen LogP contribution < -0.4 is 21.1 Å². The van der Waals surface area contributed by atoms with E-state index in [0.29, 0.717) is 13.1 Å². The molecule has 2 saturated carbocycles. The molecular formula is C46H76N3O5+. The number of carbonyl (C=O) groups excluding carboxylic acids is 1. The Balaban J connectivity index is 0.000000346. The normalized spacial score (nSPS) is 14.2. The molecule has 0 heterocycles. The first-order valence-corrected chi connectivity index (χ1v) is 20.4. The lowest BCUT2D eigenvalue weighted by Crippen LogP contribution is -2.77. The summed E-state index contributed by atoms with van der Waals surface area (Å²) in [6.07, 6.45) is 13.0. The highest BCUT2D eigenvalue weighted by atomic mass is 16.6. The Hall–Kier alpha value is -3.75. The van der Waals surface area contributed by atoms with Crippen LogP contribution in [0.2, 0.25) is 0 Å². The smallest absolute Gasteiger partial charge is 0.407 e. The third-order valence-electron chi connectivity index (χ3n) is 9.55. The van der Waals surface area contributed by atoms with Gasteiger partial charge in [-0.25, -0.2) is 4.79 Å². The molecule has 5 rings (SSSR count). The first kappa shape index (κ1) is 48.3. The molecule has 0 bridgehead atoms. The highest BCUT2D eigenvalue weighted by Gasteiger charge is 2.18. The molecule has 0 atom stereocenters. The maximum atomic E-state index is 11.3. The molecule has 0 unspecified atom stereocenters. The van der Waals surface area contributed by atoms with Crippen molar-refractivity contribution in [3.8, 4) is 17.2 Å². The van der Waals surface area contributed by atoms with Crippen LogP contribution in [-0.4, -0.2) is 35.6 Å². The summed E-state index contributed by atoms with van der Waals surface area (Å²) in [5.74, 6) is 5.45. The van der Waals surface area contributed by atoms with E-state index in [1.807, 2.05) is 39.8 Å². The van der Waals surface area contributed by atoms with E-state index in [4.69, 9.17) is 25.4 Å². The molecule has 2 aliphatic rings. The molecule has 2 fully saturated rings. The maximum Gasteiger partial charge on any atom is 0.407 e. The number of benzene rings is 3. The van der Waals surface area contributed by atoms with Crippen LogP contribution in [0.3, 0.4) is 0 Å². The molecule has 8 nitrogen and oxygen atoms in total. The van der Waals surface area contributed by atoms with Crippen molar-refractivity contribution in [2.75, 3.05) is 13.7 Å². The number of carbonyl (C=O) groups is 1. The van der Waals surface area contributed by atoms with Crippen molar-refractivity contribution in [2.24, 2.45) is 29.4 Å². The fourth-order valence-corrected chi connectivity index (χ4v) is 6.28. The van der Waals surface area contributed by atoms with Gasteiger partial charge in [-0.05, 0) is 111 Å². The number of hydrogen-bond acceptors (Lipinski definition) is 6. The fraction of sp³-hybridized carbons (Fsp3) is 0.587. The number of nitrogens with two attached hydrogens (primary N) is 2. The summed E-state index contributed by atoms with van der Waals surface area (Å²) in [4.78, 5) is 11.3. The second kappa shape index (κ2) is 27.8. The fourth-order valence-electron chi connectivity index (χ4n) is 6.28. The largest absolute Gasteiger partial charge is 0.508 e. The summed E-state index contributed by atoms with van der Waals surface area (Å²) in [7, 11) is 2.07. The van der Waals surface area contributed by atoms with Gasteiger partial charge in [-0.15, -0.1) is 0 Å². The number of ether oxygens (including phenoxy) is 2. The summed E-state index contributed by atoms with van der Waals surface area (Å²) in [5, 5.41) is 22.7. The molecule has 304 valence electrons. The average molecular weight is 751 g/mol. The van der Waals surface area contributed by atoms with Crippen molar-refractivity contribution >= 4 is 6.09 Å². The van der Waals surface area contributed by atoms with E-state index in [9.17, 15) is 4.79 Å². The van der Waals surface area contributed by atoms with E-state index >= 15 is 0 Å². The summed E-state index contributed by atoms with van der Waals surface area (Å²) in [6, 6.07) is 21.7. The van der Waals surface area contributed by atoms with E-state index < -0.39 is 11.7 Å². The first-order chi connectivity index (χ1) is 25.7. The summed E-state index contributed by atoms with van der Waals surface area (Å²) in [6.45, 7) is 19.5. The van der Waals surface area contributed by atoms with E-state index in [2.05, 4.69) is 57.5 Å². The van der Waals surface area contributed by atoms with Crippen LogP contribution in [-0.2, 0) is 24.4 Å². The molecule has 0 aliphatic heterocycles. The van der Waals surface area contributed by atoms with Crippen molar-refractivity contribution < 1.29 is 29.8 Å². The number of quaternary nitrogens is 1. The van der Waals surface area contributed by atoms with Gasteiger partial charge < -0.3 is 36.1 Å². The predicted octanol–water partition coefficient (Wildman–Crippen LogP) is 10.1. The van der Waals surface area contributed by atoms with Crippen molar-refractivity contribution in [1.29, 1.82) is 0 Å². The van der Waals surface area contributed by atoms with Crippen molar-refractivity contribution in [1.82, 2.24) is 5.32 Å². The topological polar surface area (TPSA) is 131 Å². The van der Waals surface area contributed by atoms with Crippen molar-refractivity contribution in [3.05, 3.63) is 89.5 Å². The van der Waals surface area contributed by atoms with Crippen molar-refractivity contribution in [3.63, 3.8) is 0 Å². The molecule has 54 heavy (non-hydrogen) atoms. The van der Waals surface area contributed by atoms with Crippen LogP contribution in [0.4, 0.5) is 4.79 Å². The van der Waals surface area contributed by atoms with Gasteiger partial charge in [0.15, 0.2) is 0 Å². The Morgan fingerprint density at radius 2 is 1.17 bits per heavy atom. The number of alkyl carbamates (subject to hydrolysis) is 1. The first-order valence-electron chi connectivity index (χ1n) is 20.4. The lowest BCUT2D eigenvalue weighted by molar-refractivity contribution is -0.643. The zero-order valence-corrected chi connectivity index (χ0v) is 35.2. The quantitative estimate of drug-likeness (QED) is 0.148. The van der Waals surface area contributed by atoms with Gasteiger partial charge in [0.2, 0.25) is 0 Å². The summed E-state index contributed by atoms with van der Waals surface area (Å²) < 4.78 is 10.4. The van der Waals surface area contributed by atoms with Crippen LogP contribution in [0.5, 0.6) is 17.2 Å². The minimum absolute atomic E-state index is 0.209. The number of amides is 1. The lowest BCUT2D eigenvalue weighted by atomic mass is 9.82. The average Bonchev–Trinajstić information content (AvgIpc) is 3.70. The van der Waals surface area contributed by atoms with Gasteiger partial charge in [0.25, 0.3) is 0 Å². The number of hydrogen-bond donors (Lipinski definition) is 5. The number of rotatable bonds is 9. The van der Waals surface area contributed by atoms with Crippen molar-refractivity contribution in [2.45, 2.75) is 138 Å². The third-order valence-corrected chi connectivity index (χ3v) is 9.55. The van der Waals surface area contributed by atoms with Gasteiger partial charge in [0, 0.05) is 18.7 Å². The zero-order chi connectivity index (χ0) is 40.4. The van der Waals surface area contributed by atoms with Crippen LogP contribution in [0, 0.1) is 23.7 Å². The van der Waals surface area contributed by atoms with E-state index in [-0.39, 0.29) is 11.5 Å². The van der Waals surface area contributed by atoms with E-state index in [0.717, 1.165) is 53.7 Å². The number of phenols is 2. The molecule has 8 heteroatoms. The number of aromatic hydroxyl groups is 2. The zero-order valence-electron chi connectivity index (χ0n) is 35.2. The second-order valence-corrected chi connectivity index (χ2v) is 16.0. The predicted molar refractivity (Wildman–Crippen MR) is 225 cm³/mol. The Kier molecular flexibility index (Phi) is 24.8. The van der Waals surface area contributed by atoms with Crippen LogP contribution in [0.1, 0.15) is 130 Å². The van der Waals surface area contributed by atoms with Gasteiger partial charge in [-0.1, -0.05) is 110 Å². The maximum absolute atomic E-state index is 11.3. The van der Waals surface area contributed by atoms with Crippen LogP contribution >= 0.6 is 0 Å². The van der Waals surface area contributed by atoms with Gasteiger partial charge in [0.05, 0.1) is 13.7 Å². The Labute approximate surface area is 328 Å². The molecule has 1 amide bonds. The summed E-state index contributed by atoms with van der Waals surface area (Å²) in [5.41, 5.74) is 8.11. The van der Waals surface area contributed by atoms with Gasteiger partial charge >= 0.3 is 6.09 Å². The molecule has 0 spiro atoms. The Morgan fingerprint density at radius 1 is 0.741 bits per heavy atom. The Morgan fingerprint density at radius 3 is 1.54 bits per heavy atom. The van der Waals surface area contributed by atoms with E-state index in [1.54, 1.807) is 48.5 Å². The van der Waals surface area contributed by atoms with Crippen LogP contribution in [0.15, 0.2) is 72.8 Å². The molecule has 0 radical (unpaired) electrons.